The van der Waals surface area contributed by atoms with E-state index in [1.807, 2.05) is 25.1 Å². The van der Waals surface area contributed by atoms with Gasteiger partial charge in [-0.25, -0.2) is 8.42 Å². The van der Waals surface area contributed by atoms with Crippen molar-refractivity contribution in [2.75, 3.05) is 12.3 Å². The summed E-state index contributed by atoms with van der Waals surface area (Å²) in [6, 6.07) is 8.01. The van der Waals surface area contributed by atoms with Crippen LogP contribution in [0.3, 0.4) is 0 Å². The maximum atomic E-state index is 12.3. The molecule has 0 saturated carbocycles. The van der Waals surface area contributed by atoms with Crippen LogP contribution in [0.25, 0.3) is 0 Å². The van der Waals surface area contributed by atoms with E-state index in [0.29, 0.717) is 5.75 Å². The zero-order valence-electron chi connectivity index (χ0n) is 11.7. The van der Waals surface area contributed by atoms with Gasteiger partial charge in [-0.2, -0.15) is 0 Å². The number of benzene rings is 1. The lowest BCUT2D eigenvalue weighted by atomic mass is 9.95. The fourth-order valence-electron chi connectivity index (χ4n) is 2.95. The van der Waals surface area contributed by atoms with E-state index in [2.05, 4.69) is 18.3 Å². The Labute approximate surface area is 116 Å². The number of aryl methyl sites for hydroxylation is 1. The van der Waals surface area contributed by atoms with Crippen LogP contribution in [0, 0.1) is 6.92 Å². The molecule has 19 heavy (non-hydrogen) atoms. The van der Waals surface area contributed by atoms with Crippen LogP contribution in [0.2, 0.25) is 0 Å². The van der Waals surface area contributed by atoms with Crippen LogP contribution in [-0.2, 0) is 9.84 Å². The molecule has 1 heterocycles. The maximum Gasteiger partial charge on any atom is 0.155 e. The lowest BCUT2D eigenvalue weighted by molar-refractivity contribution is 0.453. The van der Waals surface area contributed by atoms with E-state index >= 15 is 0 Å². The van der Waals surface area contributed by atoms with Gasteiger partial charge in [0.25, 0.3) is 0 Å². The third-order valence-electron chi connectivity index (χ3n) is 3.95. The van der Waals surface area contributed by atoms with Crippen LogP contribution in [0.5, 0.6) is 0 Å². The summed E-state index contributed by atoms with van der Waals surface area (Å²) in [4.78, 5) is 0. The van der Waals surface area contributed by atoms with E-state index in [9.17, 15) is 8.42 Å². The molecule has 2 unspecified atom stereocenters. The summed E-state index contributed by atoms with van der Waals surface area (Å²) in [5.41, 5.74) is 2.29. The molecule has 1 aromatic carbocycles. The van der Waals surface area contributed by atoms with Crippen LogP contribution in [-0.4, -0.2) is 26.0 Å². The molecule has 2 atom stereocenters. The molecule has 2 rings (SSSR count). The second-order valence-electron chi connectivity index (χ2n) is 5.29. The van der Waals surface area contributed by atoms with Gasteiger partial charge in [0.15, 0.2) is 9.84 Å². The van der Waals surface area contributed by atoms with Crippen molar-refractivity contribution >= 4 is 9.84 Å². The first-order chi connectivity index (χ1) is 9.06. The van der Waals surface area contributed by atoms with Gasteiger partial charge in [0, 0.05) is 6.04 Å². The quantitative estimate of drug-likeness (QED) is 0.923. The van der Waals surface area contributed by atoms with E-state index in [1.54, 1.807) is 0 Å². The van der Waals surface area contributed by atoms with Crippen LogP contribution >= 0.6 is 0 Å². The summed E-state index contributed by atoms with van der Waals surface area (Å²) >= 11 is 0. The zero-order chi connectivity index (χ0) is 13.9. The maximum absolute atomic E-state index is 12.3. The van der Waals surface area contributed by atoms with Crippen molar-refractivity contribution < 1.29 is 8.42 Å². The average Bonchev–Trinajstić information content (AvgIpc) is 2.37. The molecular weight excluding hydrogens is 258 g/mol. The Morgan fingerprint density at radius 3 is 2.68 bits per heavy atom. The number of hydrogen-bond donors (Lipinski definition) is 1. The van der Waals surface area contributed by atoms with Gasteiger partial charge in [-0.3, -0.25) is 0 Å². The molecule has 1 aliphatic heterocycles. The fourth-order valence-corrected chi connectivity index (χ4v) is 5.04. The van der Waals surface area contributed by atoms with Crippen molar-refractivity contribution in [2.45, 2.75) is 44.4 Å². The van der Waals surface area contributed by atoms with E-state index in [1.165, 1.54) is 0 Å². The third-order valence-corrected chi connectivity index (χ3v) is 6.24. The standard InChI is InChI=1S/C15H23NO2S/c1-3-16-15(13-9-5-4-8-12(13)2)14-10-6-7-11-19(14,17)18/h4-5,8-9,14-16H,3,6-7,10-11H2,1-2H3. The molecule has 1 aromatic rings. The lowest BCUT2D eigenvalue weighted by Gasteiger charge is -2.31. The Hall–Kier alpha value is -0.870. The van der Waals surface area contributed by atoms with Crippen molar-refractivity contribution in [3.8, 4) is 0 Å². The Balaban J connectivity index is 2.37. The van der Waals surface area contributed by atoms with Crippen molar-refractivity contribution in [2.24, 2.45) is 0 Å². The summed E-state index contributed by atoms with van der Waals surface area (Å²) in [5, 5.41) is 3.11. The van der Waals surface area contributed by atoms with Gasteiger partial charge < -0.3 is 5.32 Å². The lowest BCUT2D eigenvalue weighted by Crippen LogP contribution is -2.40. The van der Waals surface area contributed by atoms with Gasteiger partial charge in [-0.05, 0) is 37.4 Å². The first-order valence-corrected chi connectivity index (χ1v) is 8.78. The monoisotopic (exact) mass is 281 g/mol. The molecule has 3 nitrogen and oxygen atoms in total. The summed E-state index contributed by atoms with van der Waals surface area (Å²) in [5.74, 6) is 0.339. The molecular formula is C15H23NO2S. The van der Waals surface area contributed by atoms with E-state index in [0.717, 1.165) is 36.9 Å². The topological polar surface area (TPSA) is 46.2 Å². The summed E-state index contributed by atoms with van der Waals surface area (Å²) in [7, 11) is -2.97. The van der Waals surface area contributed by atoms with Crippen molar-refractivity contribution in [3.63, 3.8) is 0 Å². The highest BCUT2D eigenvalue weighted by Crippen LogP contribution is 2.32. The third kappa shape index (κ3) is 3.18. The number of hydrogen-bond acceptors (Lipinski definition) is 3. The van der Waals surface area contributed by atoms with Crippen molar-refractivity contribution in [3.05, 3.63) is 35.4 Å². The highest BCUT2D eigenvalue weighted by atomic mass is 32.2. The predicted molar refractivity (Wildman–Crippen MR) is 79.0 cm³/mol. The minimum Gasteiger partial charge on any atom is -0.309 e. The molecule has 4 heteroatoms. The molecule has 0 aliphatic carbocycles. The normalized spacial score (nSPS) is 24.0. The number of nitrogens with one attached hydrogen (secondary N) is 1. The highest BCUT2D eigenvalue weighted by Gasteiger charge is 2.36. The number of sulfone groups is 1. The molecule has 0 aromatic heterocycles. The summed E-state index contributed by atoms with van der Waals surface area (Å²) in [6.07, 6.45) is 2.59. The molecule has 0 spiro atoms. The van der Waals surface area contributed by atoms with Gasteiger partial charge >= 0.3 is 0 Å². The average molecular weight is 281 g/mol. The smallest absolute Gasteiger partial charge is 0.155 e. The highest BCUT2D eigenvalue weighted by molar-refractivity contribution is 7.92. The molecule has 0 bridgehead atoms. The molecule has 1 N–H and O–H groups in total. The van der Waals surface area contributed by atoms with E-state index < -0.39 is 9.84 Å². The molecule has 0 radical (unpaired) electrons. The zero-order valence-corrected chi connectivity index (χ0v) is 12.5. The Morgan fingerprint density at radius 2 is 2.05 bits per heavy atom. The van der Waals surface area contributed by atoms with Gasteiger partial charge in [0.2, 0.25) is 0 Å². The number of rotatable bonds is 4. The van der Waals surface area contributed by atoms with Gasteiger partial charge in [0.1, 0.15) is 0 Å². The van der Waals surface area contributed by atoms with Gasteiger partial charge in [0.05, 0.1) is 11.0 Å². The van der Waals surface area contributed by atoms with Crippen LogP contribution in [0.1, 0.15) is 43.4 Å². The van der Waals surface area contributed by atoms with Gasteiger partial charge in [-0.15, -0.1) is 0 Å². The largest absolute Gasteiger partial charge is 0.309 e. The Kier molecular flexibility index (Phi) is 4.63. The molecule has 1 fully saturated rings. The van der Waals surface area contributed by atoms with Crippen LogP contribution in [0.4, 0.5) is 0 Å². The second-order valence-corrected chi connectivity index (χ2v) is 7.63. The molecule has 106 valence electrons. The first kappa shape index (κ1) is 14.5. The second kappa shape index (κ2) is 6.06. The van der Waals surface area contributed by atoms with Crippen molar-refractivity contribution in [1.29, 1.82) is 0 Å². The summed E-state index contributed by atoms with van der Waals surface area (Å²) < 4.78 is 24.7. The molecule has 1 saturated heterocycles. The molecule has 1 aliphatic rings. The Bertz CT molecular complexity index is 525. The summed E-state index contributed by atoms with van der Waals surface area (Å²) in [6.45, 7) is 4.86. The van der Waals surface area contributed by atoms with Crippen LogP contribution in [0.15, 0.2) is 24.3 Å². The fraction of sp³-hybridized carbons (Fsp3) is 0.600. The SMILES string of the molecule is CCNC(c1ccccc1C)C1CCCCS1(=O)=O. The van der Waals surface area contributed by atoms with Crippen molar-refractivity contribution in [1.82, 2.24) is 5.32 Å². The Morgan fingerprint density at radius 1 is 1.32 bits per heavy atom. The minimum absolute atomic E-state index is 0.0727. The molecule has 0 amide bonds. The predicted octanol–water partition coefficient (Wildman–Crippen LogP) is 2.61. The first-order valence-electron chi connectivity index (χ1n) is 7.06. The van der Waals surface area contributed by atoms with E-state index in [-0.39, 0.29) is 11.3 Å². The van der Waals surface area contributed by atoms with Gasteiger partial charge in [-0.1, -0.05) is 37.6 Å². The minimum atomic E-state index is -2.97. The van der Waals surface area contributed by atoms with Crippen LogP contribution < -0.4 is 5.32 Å². The van der Waals surface area contributed by atoms with E-state index in [4.69, 9.17) is 0 Å².